The highest BCUT2D eigenvalue weighted by Crippen LogP contribution is 2.13. The van der Waals surface area contributed by atoms with E-state index in [9.17, 15) is 9.59 Å². The van der Waals surface area contributed by atoms with Gasteiger partial charge in [-0.1, -0.05) is 0 Å². The molecule has 18 heavy (non-hydrogen) atoms. The molecule has 0 spiro atoms. The van der Waals surface area contributed by atoms with Crippen molar-refractivity contribution in [3.63, 3.8) is 0 Å². The number of carbonyl (C=O) groups is 1. The smallest absolute Gasteiger partial charge is 0.345 e. The summed E-state index contributed by atoms with van der Waals surface area (Å²) in [4.78, 5) is 31.4. The Morgan fingerprint density at radius 1 is 1.44 bits per heavy atom. The number of carbonyl (C=O) groups excluding carboxylic acids is 1. The van der Waals surface area contributed by atoms with Crippen LogP contribution in [0.3, 0.4) is 0 Å². The van der Waals surface area contributed by atoms with E-state index in [1.807, 2.05) is 0 Å². The number of aromatic nitrogens is 3. The van der Waals surface area contributed by atoms with E-state index in [1.54, 1.807) is 6.92 Å². The molecule has 2 aromatic rings. The number of fused-ring (bicyclic) bond motifs is 1. The van der Waals surface area contributed by atoms with Crippen LogP contribution in [0.4, 0.5) is 0 Å². The van der Waals surface area contributed by atoms with Crippen LogP contribution >= 0.6 is 0 Å². The van der Waals surface area contributed by atoms with Crippen molar-refractivity contribution in [2.24, 2.45) is 0 Å². The van der Waals surface area contributed by atoms with Crippen LogP contribution in [-0.4, -0.2) is 34.1 Å². The van der Waals surface area contributed by atoms with Crippen LogP contribution in [0.5, 0.6) is 5.75 Å². The summed E-state index contributed by atoms with van der Waals surface area (Å²) in [6.45, 7) is 1.85. The van der Waals surface area contributed by atoms with E-state index in [2.05, 4.69) is 9.97 Å². The number of hydrogen-bond acceptors (Lipinski definition) is 6. The number of ether oxygens (including phenoxy) is 2. The van der Waals surface area contributed by atoms with Crippen molar-refractivity contribution in [3.05, 3.63) is 34.6 Å². The highest BCUT2D eigenvalue weighted by molar-refractivity contribution is 5.88. The van der Waals surface area contributed by atoms with E-state index in [0.717, 1.165) is 4.40 Å². The summed E-state index contributed by atoms with van der Waals surface area (Å²) >= 11 is 0. The summed E-state index contributed by atoms with van der Waals surface area (Å²) in [5, 5.41) is 0. The maximum Gasteiger partial charge on any atom is 0.345 e. The summed E-state index contributed by atoms with van der Waals surface area (Å²) in [6, 6.07) is 0. The van der Waals surface area contributed by atoms with Crippen LogP contribution in [-0.2, 0) is 4.74 Å². The van der Waals surface area contributed by atoms with E-state index < -0.39 is 11.5 Å². The molecule has 7 heteroatoms. The summed E-state index contributed by atoms with van der Waals surface area (Å²) in [5.41, 5.74) is -0.375. The Bertz CT molecular complexity index is 650. The van der Waals surface area contributed by atoms with Crippen molar-refractivity contribution in [2.45, 2.75) is 6.92 Å². The molecule has 0 saturated heterocycles. The van der Waals surface area contributed by atoms with Gasteiger partial charge in [-0.05, 0) is 6.92 Å². The summed E-state index contributed by atoms with van der Waals surface area (Å²) in [5.74, 6) is -0.350. The van der Waals surface area contributed by atoms with E-state index in [1.165, 1.54) is 25.8 Å². The van der Waals surface area contributed by atoms with Crippen molar-refractivity contribution in [1.29, 1.82) is 0 Å². The molecule has 0 amide bonds. The largest absolute Gasteiger partial charge is 0.491 e. The Balaban J connectivity index is 2.65. The molecule has 0 radical (unpaired) electrons. The zero-order chi connectivity index (χ0) is 13.1. The monoisotopic (exact) mass is 249 g/mol. The number of rotatable bonds is 3. The second-order valence-corrected chi connectivity index (χ2v) is 3.35. The minimum absolute atomic E-state index is 0.135. The van der Waals surface area contributed by atoms with Crippen LogP contribution in [0.2, 0.25) is 0 Å². The van der Waals surface area contributed by atoms with Gasteiger partial charge in [-0.3, -0.25) is 4.79 Å². The Kier molecular flexibility index (Phi) is 3.22. The molecule has 94 valence electrons. The fraction of sp³-hybridized carbons (Fsp3) is 0.273. The Hall–Kier alpha value is -2.44. The molecule has 0 saturated carbocycles. The first-order chi connectivity index (χ1) is 8.69. The minimum atomic E-state index is -0.702. The number of nitrogens with zero attached hydrogens (tertiary/aromatic N) is 3. The van der Waals surface area contributed by atoms with Gasteiger partial charge in [0.05, 0.1) is 19.9 Å². The lowest BCUT2D eigenvalue weighted by Gasteiger charge is -2.06. The molecule has 0 aromatic carbocycles. The normalized spacial score (nSPS) is 10.3. The Morgan fingerprint density at radius 3 is 2.89 bits per heavy atom. The molecule has 0 aliphatic carbocycles. The molecular weight excluding hydrogens is 238 g/mol. The molecule has 0 aliphatic rings. The predicted molar refractivity (Wildman–Crippen MR) is 61.8 cm³/mol. The van der Waals surface area contributed by atoms with Crippen molar-refractivity contribution >= 4 is 11.6 Å². The van der Waals surface area contributed by atoms with Gasteiger partial charge in [0.2, 0.25) is 0 Å². The highest BCUT2D eigenvalue weighted by atomic mass is 16.5. The van der Waals surface area contributed by atoms with Crippen LogP contribution in [0, 0.1) is 0 Å². The zero-order valence-corrected chi connectivity index (χ0v) is 9.91. The van der Waals surface area contributed by atoms with E-state index >= 15 is 0 Å². The minimum Gasteiger partial charge on any atom is -0.491 e. The van der Waals surface area contributed by atoms with Gasteiger partial charge in [-0.2, -0.15) is 0 Å². The first-order valence-electron chi connectivity index (χ1n) is 5.25. The number of methoxy groups -OCH3 is 1. The molecule has 0 aliphatic heterocycles. The number of hydrogen-bond donors (Lipinski definition) is 0. The first kappa shape index (κ1) is 12.0. The summed E-state index contributed by atoms with van der Waals surface area (Å²) in [6.07, 6.45) is 3.89. The molecule has 0 atom stereocenters. The van der Waals surface area contributed by atoms with Crippen LogP contribution in [0.1, 0.15) is 17.3 Å². The van der Waals surface area contributed by atoms with E-state index in [-0.39, 0.29) is 12.2 Å². The zero-order valence-electron chi connectivity index (χ0n) is 9.91. The topological polar surface area (TPSA) is 82.8 Å². The third-order valence-electron chi connectivity index (χ3n) is 2.30. The van der Waals surface area contributed by atoms with Gasteiger partial charge < -0.3 is 9.47 Å². The van der Waals surface area contributed by atoms with Gasteiger partial charge in [0.25, 0.3) is 5.56 Å². The third kappa shape index (κ3) is 1.90. The van der Waals surface area contributed by atoms with Gasteiger partial charge in [-0.15, -0.1) is 0 Å². The van der Waals surface area contributed by atoms with Crippen molar-refractivity contribution in [2.75, 3.05) is 13.7 Å². The fourth-order valence-electron chi connectivity index (χ4n) is 1.48. The highest BCUT2D eigenvalue weighted by Gasteiger charge is 2.15. The quantitative estimate of drug-likeness (QED) is 0.726. The Morgan fingerprint density at radius 2 is 2.22 bits per heavy atom. The average Bonchev–Trinajstić information content (AvgIpc) is 2.39. The molecule has 2 aromatic heterocycles. The number of esters is 1. The molecule has 0 N–H and O–H groups in total. The van der Waals surface area contributed by atoms with Gasteiger partial charge >= 0.3 is 5.97 Å². The van der Waals surface area contributed by atoms with Crippen molar-refractivity contribution < 1.29 is 14.3 Å². The standard InChI is InChI=1S/C11H11N3O4/c1-3-18-11(16)7-4-13-9-8(17-2)5-12-6-14(9)10(7)15/h4-6H,3H2,1-2H3. The van der Waals surface area contributed by atoms with Crippen LogP contribution < -0.4 is 10.3 Å². The van der Waals surface area contributed by atoms with Crippen LogP contribution in [0.15, 0.2) is 23.5 Å². The molecular formula is C11H11N3O4. The maximum atomic E-state index is 12.0. The summed E-state index contributed by atoms with van der Waals surface area (Å²) < 4.78 is 10.9. The first-order valence-corrected chi connectivity index (χ1v) is 5.25. The lowest BCUT2D eigenvalue weighted by Crippen LogP contribution is -2.24. The van der Waals surface area contributed by atoms with Gasteiger partial charge in [0, 0.05) is 6.20 Å². The Labute approximate surface area is 102 Å². The second-order valence-electron chi connectivity index (χ2n) is 3.35. The van der Waals surface area contributed by atoms with Crippen molar-refractivity contribution in [1.82, 2.24) is 14.4 Å². The SMILES string of the molecule is CCOC(=O)c1cnc2c(OC)cncn2c1=O. The second kappa shape index (κ2) is 4.82. The maximum absolute atomic E-state index is 12.0. The van der Waals surface area contributed by atoms with Gasteiger partial charge in [0.15, 0.2) is 11.4 Å². The molecule has 0 bridgehead atoms. The molecule has 2 rings (SSSR count). The van der Waals surface area contributed by atoms with Gasteiger partial charge in [0.1, 0.15) is 11.9 Å². The van der Waals surface area contributed by atoms with Gasteiger partial charge in [-0.25, -0.2) is 19.2 Å². The van der Waals surface area contributed by atoms with Crippen molar-refractivity contribution in [3.8, 4) is 5.75 Å². The summed E-state index contributed by atoms with van der Waals surface area (Å²) in [7, 11) is 1.45. The average molecular weight is 249 g/mol. The molecule has 0 fully saturated rings. The molecule has 2 heterocycles. The third-order valence-corrected chi connectivity index (χ3v) is 2.30. The lowest BCUT2D eigenvalue weighted by molar-refractivity contribution is 0.0523. The molecule has 0 unspecified atom stereocenters. The fourth-order valence-corrected chi connectivity index (χ4v) is 1.48. The molecule has 7 nitrogen and oxygen atoms in total. The van der Waals surface area contributed by atoms with E-state index in [4.69, 9.17) is 9.47 Å². The lowest BCUT2D eigenvalue weighted by atomic mass is 10.3. The van der Waals surface area contributed by atoms with E-state index in [0.29, 0.717) is 11.4 Å². The predicted octanol–water partition coefficient (Wildman–Crippen LogP) is 0.275. The van der Waals surface area contributed by atoms with Crippen LogP contribution in [0.25, 0.3) is 5.65 Å².